The third kappa shape index (κ3) is 1.84. The Morgan fingerprint density at radius 3 is 2.33 bits per heavy atom. The summed E-state index contributed by atoms with van der Waals surface area (Å²) in [5.74, 6) is 0. The molecule has 0 saturated carbocycles. The zero-order chi connectivity index (χ0) is 9.35. The first-order valence-corrected chi connectivity index (χ1v) is 5.30. The van der Waals surface area contributed by atoms with Gasteiger partial charge in [0.1, 0.15) is 4.90 Å². The minimum atomic E-state index is -4.61. The molecular weight excluding hydrogens is 247 g/mol. The summed E-state index contributed by atoms with van der Waals surface area (Å²) in [6, 6.07) is 4.67. The highest BCUT2D eigenvalue weighted by Gasteiger charge is 2.18. The summed E-state index contributed by atoms with van der Waals surface area (Å²) >= 11 is 2.96. The van der Waals surface area contributed by atoms with Crippen molar-refractivity contribution in [3.8, 4) is 0 Å². The zero-order valence-corrected chi connectivity index (χ0v) is 8.62. The lowest BCUT2D eigenvalue weighted by atomic mass is 10.2. The Morgan fingerprint density at radius 1 is 1.42 bits per heavy atom. The van der Waals surface area contributed by atoms with E-state index in [1.807, 2.05) is 0 Å². The van der Waals surface area contributed by atoms with Crippen molar-refractivity contribution in [2.75, 3.05) is 0 Å². The average molecular weight is 253 g/mol. The maximum atomic E-state index is 12.6. The summed E-state index contributed by atoms with van der Waals surface area (Å²) < 4.78 is 34.0. The number of halogens is 2. The quantitative estimate of drug-likeness (QED) is 0.720. The summed E-state index contributed by atoms with van der Waals surface area (Å²) in [5, 5.41) is 0. The van der Waals surface area contributed by atoms with Crippen molar-refractivity contribution < 1.29 is 12.3 Å². The molecule has 1 aromatic carbocycles. The fourth-order valence-electron chi connectivity index (χ4n) is 0.925. The zero-order valence-electron chi connectivity index (χ0n) is 6.21. The Balaban J connectivity index is 3.53. The van der Waals surface area contributed by atoms with Crippen molar-refractivity contribution in [1.29, 1.82) is 0 Å². The molecule has 0 aromatic heterocycles. The Morgan fingerprint density at radius 2 is 2.00 bits per heavy atom. The van der Waals surface area contributed by atoms with Crippen molar-refractivity contribution in [2.45, 2.75) is 11.8 Å². The van der Waals surface area contributed by atoms with Crippen LogP contribution in [0.25, 0.3) is 0 Å². The minimum absolute atomic E-state index is 0.255. The molecule has 0 fully saturated rings. The molecule has 12 heavy (non-hydrogen) atoms. The Hall–Kier alpha value is -0.420. The first-order chi connectivity index (χ1) is 5.43. The van der Waals surface area contributed by atoms with Gasteiger partial charge in [-0.05, 0) is 34.5 Å². The maximum Gasteiger partial charge on any atom is 0.333 e. The van der Waals surface area contributed by atoms with Crippen LogP contribution in [0.4, 0.5) is 3.89 Å². The van der Waals surface area contributed by atoms with Crippen LogP contribution in [-0.4, -0.2) is 8.42 Å². The Bertz CT molecular complexity index is 380. The van der Waals surface area contributed by atoms with Gasteiger partial charge in [-0.15, -0.1) is 3.89 Å². The molecule has 0 radical (unpaired) electrons. The van der Waals surface area contributed by atoms with Crippen LogP contribution in [0.3, 0.4) is 0 Å². The van der Waals surface area contributed by atoms with E-state index in [1.54, 1.807) is 6.07 Å². The largest absolute Gasteiger partial charge is 0.333 e. The predicted octanol–water partition coefficient (Wildman–Crippen LogP) is 2.42. The lowest BCUT2D eigenvalue weighted by molar-refractivity contribution is 0.551. The van der Waals surface area contributed by atoms with Gasteiger partial charge < -0.3 is 0 Å². The molecule has 0 aliphatic rings. The Labute approximate surface area is 78.8 Å². The van der Waals surface area contributed by atoms with Crippen molar-refractivity contribution in [2.24, 2.45) is 0 Å². The molecule has 0 bridgehead atoms. The number of benzene rings is 1. The molecular formula is C7H6BrFO2S. The van der Waals surface area contributed by atoms with Gasteiger partial charge in [0.25, 0.3) is 0 Å². The molecule has 2 nitrogen and oxygen atoms in total. The number of aryl methyl sites for hydroxylation is 1. The van der Waals surface area contributed by atoms with Gasteiger partial charge in [-0.3, -0.25) is 0 Å². The summed E-state index contributed by atoms with van der Waals surface area (Å²) in [5.41, 5.74) is 0.395. The molecule has 0 unspecified atom stereocenters. The second-order valence-corrected chi connectivity index (χ2v) is 4.46. The molecule has 0 aliphatic carbocycles. The van der Waals surface area contributed by atoms with E-state index in [-0.39, 0.29) is 9.37 Å². The van der Waals surface area contributed by atoms with Crippen LogP contribution >= 0.6 is 15.9 Å². The molecule has 5 heteroatoms. The molecule has 0 amide bonds. The summed E-state index contributed by atoms with van der Waals surface area (Å²) in [7, 11) is -4.61. The summed E-state index contributed by atoms with van der Waals surface area (Å²) in [6.07, 6.45) is 0. The third-order valence-electron chi connectivity index (χ3n) is 1.41. The molecule has 1 aromatic rings. The normalized spacial score (nSPS) is 11.6. The molecule has 0 spiro atoms. The first kappa shape index (κ1) is 9.67. The number of hydrogen-bond acceptors (Lipinski definition) is 2. The van der Waals surface area contributed by atoms with Gasteiger partial charge >= 0.3 is 10.2 Å². The SMILES string of the molecule is Cc1cccc(Br)c1S(=O)(=O)F. The van der Waals surface area contributed by atoms with Crippen molar-refractivity contribution in [1.82, 2.24) is 0 Å². The lowest BCUT2D eigenvalue weighted by Crippen LogP contribution is -1.96. The van der Waals surface area contributed by atoms with Crippen molar-refractivity contribution in [3.05, 3.63) is 28.2 Å². The van der Waals surface area contributed by atoms with Crippen LogP contribution < -0.4 is 0 Å². The highest BCUT2D eigenvalue weighted by Crippen LogP contribution is 2.26. The summed E-state index contributed by atoms with van der Waals surface area (Å²) in [4.78, 5) is -0.287. The standard InChI is InChI=1S/C7H6BrFO2S/c1-5-3-2-4-6(8)7(5)12(9,10)11/h2-4H,1H3. The fourth-order valence-corrected chi connectivity index (χ4v) is 2.72. The number of rotatable bonds is 1. The van der Waals surface area contributed by atoms with Gasteiger partial charge in [-0.25, -0.2) is 0 Å². The van der Waals surface area contributed by atoms with E-state index >= 15 is 0 Å². The van der Waals surface area contributed by atoms with Crippen LogP contribution in [-0.2, 0) is 10.2 Å². The van der Waals surface area contributed by atoms with E-state index in [4.69, 9.17) is 0 Å². The monoisotopic (exact) mass is 252 g/mol. The van der Waals surface area contributed by atoms with Crippen LogP contribution in [0, 0.1) is 6.92 Å². The van der Waals surface area contributed by atoms with Crippen LogP contribution in [0.1, 0.15) is 5.56 Å². The molecule has 1 rings (SSSR count). The van der Waals surface area contributed by atoms with E-state index in [0.29, 0.717) is 5.56 Å². The molecule has 0 aliphatic heterocycles. The second-order valence-electron chi connectivity index (χ2n) is 2.32. The van der Waals surface area contributed by atoms with Crippen LogP contribution in [0.15, 0.2) is 27.6 Å². The molecule has 0 N–H and O–H groups in total. The Kier molecular flexibility index (Phi) is 2.53. The highest BCUT2D eigenvalue weighted by molar-refractivity contribution is 9.10. The highest BCUT2D eigenvalue weighted by atomic mass is 79.9. The van der Waals surface area contributed by atoms with Gasteiger partial charge in [0.05, 0.1) is 0 Å². The first-order valence-electron chi connectivity index (χ1n) is 3.12. The van der Waals surface area contributed by atoms with Gasteiger partial charge in [0, 0.05) is 4.47 Å². The van der Waals surface area contributed by atoms with E-state index < -0.39 is 10.2 Å². The molecule has 66 valence electrons. The van der Waals surface area contributed by atoms with E-state index in [1.165, 1.54) is 19.1 Å². The summed E-state index contributed by atoms with van der Waals surface area (Å²) in [6.45, 7) is 1.54. The number of hydrogen-bond donors (Lipinski definition) is 0. The smallest absolute Gasteiger partial charge is 0.189 e. The van der Waals surface area contributed by atoms with Gasteiger partial charge in [-0.2, -0.15) is 8.42 Å². The lowest BCUT2D eigenvalue weighted by Gasteiger charge is -2.01. The maximum absolute atomic E-state index is 12.6. The van der Waals surface area contributed by atoms with Gasteiger partial charge in [0.2, 0.25) is 0 Å². The van der Waals surface area contributed by atoms with E-state index in [2.05, 4.69) is 15.9 Å². The van der Waals surface area contributed by atoms with Crippen molar-refractivity contribution in [3.63, 3.8) is 0 Å². The molecule has 0 heterocycles. The minimum Gasteiger partial charge on any atom is -0.189 e. The van der Waals surface area contributed by atoms with E-state index in [0.717, 1.165) is 0 Å². The van der Waals surface area contributed by atoms with Gasteiger partial charge in [-0.1, -0.05) is 12.1 Å². The second kappa shape index (κ2) is 3.14. The van der Waals surface area contributed by atoms with Crippen LogP contribution in [0.2, 0.25) is 0 Å². The topological polar surface area (TPSA) is 34.1 Å². The average Bonchev–Trinajstić information content (AvgIpc) is 1.82. The van der Waals surface area contributed by atoms with Gasteiger partial charge in [0.15, 0.2) is 0 Å². The van der Waals surface area contributed by atoms with Crippen molar-refractivity contribution >= 4 is 26.2 Å². The third-order valence-corrected chi connectivity index (χ3v) is 3.36. The molecule has 0 saturated heterocycles. The fraction of sp³-hybridized carbons (Fsp3) is 0.143. The predicted molar refractivity (Wildman–Crippen MR) is 47.2 cm³/mol. The van der Waals surface area contributed by atoms with Crippen LogP contribution in [0.5, 0.6) is 0 Å². The molecule has 0 atom stereocenters. The van der Waals surface area contributed by atoms with E-state index in [9.17, 15) is 12.3 Å².